The topological polar surface area (TPSA) is 92.8 Å². The number of nitrogens with zero attached hydrogens (tertiary/aromatic N) is 1. The number of hydrazone groups is 1. The number of halogens is 4. The number of methoxy groups -OCH3 is 1. The SMILES string of the molecule is CCc1cccc2c(-c3ccccc3Cl)c(C(=O)NN=Cc3cc(Br)cc(Br)c3OC(=O)c3cc(Cl)ccc3OC)[nH]c12. The summed E-state index contributed by atoms with van der Waals surface area (Å²) in [4.78, 5) is 30.0. The normalized spacial score (nSPS) is 11.2. The minimum absolute atomic E-state index is 0.151. The van der Waals surface area contributed by atoms with Gasteiger partial charge in [-0.25, -0.2) is 10.2 Å². The number of hydrogen-bond acceptors (Lipinski definition) is 5. The van der Waals surface area contributed by atoms with E-state index in [4.69, 9.17) is 32.7 Å². The van der Waals surface area contributed by atoms with Gasteiger partial charge in [-0.2, -0.15) is 5.10 Å². The van der Waals surface area contributed by atoms with Gasteiger partial charge in [-0.1, -0.05) is 82.5 Å². The molecular formula is C32H23Br2Cl2N3O4. The summed E-state index contributed by atoms with van der Waals surface area (Å²) in [6.45, 7) is 2.05. The number of amides is 1. The van der Waals surface area contributed by atoms with Gasteiger partial charge in [0.15, 0.2) is 5.75 Å². The van der Waals surface area contributed by atoms with Crippen LogP contribution in [0.25, 0.3) is 22.0 Å². The molecule has 0 bridgehead atoms. The van der Waals surface area contributed by atoms with E-state index in [1.807, 2.05) is 36.4 Å². The molecule has 0 atom stereocenters. The second-order valence-corrected chi connectivity index (χ2v) is 11.9. The number of hydrogen-bond donors (Lipinski definition) is 2. The lowest BCUT2D eigenvalue weighted by Gasteiger charge is -2.12. The minimum Gasteiger partial charge on any atom is -0.496 e. The predicted molar refractivity (Wildman–Crippen MR) is 178 cm³/mol. The predicted octanol–water partition coefficient (Wildman–Crippen LogP) is 9.22. The van der Waals surface area contributed by atoms with E-state index in [9.17, 15) is 9.59 Å². The third-order valence-electron chi connectivity index (χ3n) is 6.65. The van der Waals surface area contributed by atoms with Crippen molar-refractivity contribution in [2.24, 2.45) is 5.10 Å². The number of rotatable bonds is 8. The van der Waals surface area contributed by atoms with E-state index in [1.165, 1.54) is 19.4 Å². The fourth-order valence-electron chi connectivity index (χ4n) is 4.67. The Morgan fingerprint density at radius 3 is 2.56 bits per heavy atom. The molecule has 0 unspecified atom stereocenters. The van der Waals surface area contributed by atoms with E-state index in [2.05, 4.69) is 54.3 Å². The van der Waals surface area contributed by atoms with Gasteiger partial charge in [0, 0.05) is 42.1 Å². The number of carbonyl (C=O) groups is 2. The van der Waals surface area contributed by atoms with Gasteiger partial charge in [-0.05, 0) is 64.3 Å². The van der Waals surface area contributed by atoms with Crippen LogP contribution in [0.15, 0.2) is 86.8 Å². The fraction of sp³-hybridized carbons (Fsp3) is 0.0938. The van der Waals surface area contributed by atoms with Gasteiger partial charge in [-0.15, -0.1) is 0 Å². The van der Waals surface area contributed by atoms with Crippen LogP contribution in [-0.4, -0.2) is 30.2 Å². The number of para-hydroxylation sites is 1. The Hall–Kier alpha value is -3.63. The fourth-order valence-corrected chi connectivity index (χ4v) is 6.42. The number of fused-ring (bicyclic) bond motifs is 1. The second-order valence-electron chi connectivity index (χ2n) is 9.29. The number of esters is 1. The third kappa shape index (κ3) is 6.50. The summed E-state index contributed by atoms with van der Waals surface area (Å²) in [5.41, 5.74) is 6.80. The molecule has 0 fully saturated rings. The van der Waals surface area contributed by atoms with E-state index < -0.39 is 11.9 Å². The summed E-state index contributed by atoms with van der Waals surface area (Å²) in [5, 5.41) is 5.95. The first-order valence-electron chi connectivity index (χ1n) is 13.0. The van der Waals surface area contributed by atoms with Crippen LogP contribution in [-0.2, 0) is 6.42 Å². The first-order valence-corrected chi connectivity index (χ1v) is 15.3. The zero-order valence-electron chi connectivity index (χ0n) is 22.8. The summed E-state index contributed by atoms with van der Waals surface area (Å²) in [5.74, 6) is -0.664. The Bertz CT molecular complexity index is 1910. The van der Waals surface area contributed by atoms with Crippen molar-refractivity contribution >= 4 is 84.1 Å². The molecule has 43 heavy (non-hydrogen) atoms. The highest BCUT2D eigenvalue weighted by Crippen LogP contribution is 2.38. The van der Waals surface area contributed by atoms with E-state index in [1.54, 1.807) is 30.3 Å². The molecule has 0 aliphatic heterocycles. The minimum atomic E-state index is -0.685. The highest BCUT2D eigenvalue weighted by molar-refractivity contribution is 9.11. The van der Waals surface area contributed by atoms with Crippen molar-refractivity contribution in [1.82, 2.24) is 10.4 Å². The van der Waals surface area contributed by atoms with Gasteiger partial charge in [-0.3, -0.25) is 4.79 Å². The molecule has 1 aromatic heterocycles. The zero-order valence-corrected chi connectivity index (χ0v) is 27.5. The van der Waals surface area contributed by atoms with Crippen LogP contribution in [0.1, 0.15) is 38.9 Å². The molecule has 2 N–H and O–H groups in total. The summed E-state index contributed by atoms with van der Waals surface area (Å²) in [6.07, 6.45) is 2.17. The molecular weight excluding hydrogens is 721 g/mol. The maximum Gasteiger partial charge on any atom is 0.347 e. The Balaban J connectivity index is 1.48. The number of carbonyl (C=O) groups excluding carboxylic acids is 2. The maximum absolute atomic E-state index is 13.6. The van der Waals surface area contributed by atoms with E-state index in [-0.39, 0.29) is 11.3 Å². The molecule has 11 heteroatoms. The molecule has 218 valence electrons. The van der Waals surface area contributed by atoms with Gasteiger partial charge >= 0.3 is 5.97 Å². The lowest BCUT2D eigenvalue weighted by atomic mass is 9.99. The van der Waals surface area contributed by atoms with Gasteiger partial charge in [0.05, 0.1) is 17.8 Å². The quantitative estimate of drug-likeness (QED) is 0.0718. The zero-order chi connectivity index (χ0) is 30.7. The van der Waals surface area contributed by atoms with Crippen molar-refractivity contribution in [2.45, 2.75) is 13.3 Å². The number of ether oxygens (including phenoxy) is 2. The van der Waals surface area contributed by atoms with Crippen LogP contribution >= 0.6 is 55.1 Å². The molecule has 0 aliphatic carbocycles. The third-order valence-corrected chi connectivity index (χ3v) is 8.27. The van der Waals surface area contributed by atoms with Gasteiger partial charge in [0.2, 0.25) is 0 Å². The van der Waals surface area contributed by atoms with Crippen LogP contribution in [0.3, 0.4) is 0 Å². The van der Waals surface area contributed by atoms with Gasteiger partial charge in [0.25, 0.3) is 5.91 Å². The number of aryl methyl sites for hydroxylation is 1. The lowest BCUT2D eigenvalue weighted by molar-refractivity contribution is 0.0729. The van der Waals surface area contributed by atoms with Crippen LogP contribution in [0.2, 0.25) is 10.0 Å². The van der Waals surface area contributed by atoms with Crippen molar-refractivity contribution in [3.63, 3.8) is 0 Å². The van der Waals surface area contributed by atoms with E-state index in [0.717, 1.165) is 28.5 Å². The summed E-state index contributed by atoms with van der Waals surface area (Å²) in [7, 11) is 1.45. The molecule has 1 heterocycles. The molecule has 0 saturated heterocycles. The Labute approximate surface area is 274 Å². The van der Waals surface area contributed by atoms with Crippen LogP contribution < -0.4 is 14.9 Å². The number of aromatic nitrogens is 1. The summed E-state index contributed by atoms with van der Waals surface area (Å²) in [6, 6.07) is 21.4. The number of nitrogens with one attached hydrogen (secondary N) is 2. The van der Waals surface area contributed by atoms with Gasteiger partial charge < -0.3 is 14.5 Å². The number of aromatic amines is 1. The molecule has 0 spiro atoms. The Kier molecular flexibility index (Phi) is 9.56. The number of benzene rings is 4. The van der Waals surface area contributed by atoms with Crippen molar-refractivity contribution in [2.75, 3.05) is 7.11 Å². The van der Waals surface area contributed by atoms with Gasteiger partial charge in [0.1, 0.15) is 17.0 Å². The first kappa shape index (κ1) is 30.8. The highest BCUT2D eigenvalue weighted by atomic mass is 79.9. The van der Waals surface area contributed by atoms with Crippen LogP contribution in [0.5, 0.6) is 11.5 Å². The molecule has 0 saturated carbocycles. The Morgan fingerprint density at radius 1 is 1.02 bits per heavy atom. The van der Waals surface area contributed by atoms with Crippen LogP contribution in [0, 0.1) is 0 Å². The smallest absolute Gasteiger partial charge is 0.347 e. The number of H-pyrrole nitrogens is 1. The molecule has 0 aliphatic rings. The largest absolute Gasteiger partial charge is 0.496 e. The van der Waals surface area contributed by atoms with E-state index >= 15 is 0 Å². The second kappa shape index (κ2) is 13.3. The van der Waals surface area contributed by atoms with Crippen LogP contribution in [0.4, 0.5) is 0 Å². The average Bonchev–Trinajstić information content (AvgIpc) is 3.38. The van der Waals surface area contributed by atoms with Crippen molar-refractivity contribution < 1.29 is 19.1 Å². The molecule has 4 aromatic carbocycles. The van der Waals surface area contributed by atoms with Crippen molar-refractivity contribution in [1.29, 1.82) is 0 Å². The summed E-state index contributed by atoms with van der Waals surface area (Å²) >= 11 is 19.6. The lowest BCUT2D eigenvalue weighted by Crippen LogP contribution is -2.19. The first-order chi connectivity index (χ1) is 20.7. The molecule has 7 nitrogen and oxygen atoms in total. The molecule has 5 rings (SSSR count). The van der Waals surface area contributed by atoms with Crippen molar-refractivity contribution in [3.8, 4) is 22.6 Å². The highest BCUT2D eigenvalue weighted by Gasteiger charge is 2.22. The molecule has 0 radical (unpaired) electrons. The van der Waals surface area contributed by atoms with E-state index in [0.29, 0.717) is 41.6 Å². The molecule has 5 aromatic rings. The van der Waals surface area contributed by atoms with Crippen molar-refractivity contribution in [3.05, 3.63) is 114 Å². The maximum atomic E-state index is 13.6. The summed E-state index contributed by atoms with van der Waals surface area (Å²) < 4.78 is 12.2. The standard InChI is InChI=1S/C32H23Br2Cl2N3O4/c1-3-17-7-6-9-22-27(21-8-4-5-10-25(21)36)29(38-28(17)22)31(40)39-37-16-18-13-19(33)14-24(34)30(18)43-32(41)23-15-20(35)11-12-26(23)42-2/h4-16,38H,3H2,1-2H3,(H,39,40). The molecule has 1 amide bonds. The Morgan fingerprint density at radius 2 is 1.81 bits per heavy atom. The average molecular weight is 744 g/mol. The monoisotopic (exact) mass is 741 g/mol.